The number of likely N-dealkylation sites (tertiary alicyclic amines) is 1. The predicted octanol–water partition coefficient (Wildman–Crippen LogP) is 1.83. The smallest absolute Gasteiger partial charge is 0.254 e. The Morgan fingerprint density at radius 1 is 1.30 bits per heavy atom. The molecule has 27 heavy (non-hydrogen) atoms. The van der Waals surface area contributed by atoms with Crippen molar-refractivity contribution < 1.29 is 23.0 Å². The van der Waals surface area contributed by atoms with Crippen LogP contribution in [0.2, 0.25) is 0 Å². The standard InChI is InChI=1S/C18H23N3O5S/c1-25-16-9-14-13(3-6-19-15(14)10-17(16)26-2)18(22)21-7-4-12(5-8-21)11-20-27(23)24/h3,6,9-10,12,20H,4-5,7-8,11H2,1-2H3,(H,23,24). The van der Waals surface area contributed by atoms with Crippen molar-refractivity contribution in [3.63, 3.8) is 0 Å². The van der Waals surface area contributed by atoms with Crippen molar-refractivity contribution in [2.24, 2.45) is 5.92 Å². The van der Waals surface area contributed by atoms with Crippen LogP contribution in [0, 0.1) is 5.92 Å². The summed E-state index contributed by atoms with van der Waals surface area (Å²) in [6.07, 6.45) is 3.20. The molecule has 0 saturated carbocycles. The van der Waals surface area contributed by atoms with Gasteiger partial charge in [0.2, 0.25) is 11.3 Å². The largest absolute Gasteiger partial charge is 0.493 e. The van der Waals surface area contributed by atoms with Crippen LogP contribution in [-0.4, -0.2) is 58.4 Å². The summed E-state index contributed by atoms with van der Waals surface area (Å²) < 4.78 is 32.7. The Bertz CT molecular complexity index is 852. The minimum atomic E-state index is -2.00. The number of amides is 1. The van der Waals surface area contributed by atoms with Crippen molar-refractivity contribution in [1.29, 1.82) is 0 Å². The van der Waals surface area contributed by atoms with Gasteiger partial charge < -0.3 is 14.4 Å². The molecule has 2 heterocycles. The van der Waals surface area contributed by atoms with E-state index in [2.05, 4.69) is 9.71 Å². The number of carbonyl (C=O) groups is 1. The number of benzene rings is 1. The van der Waals surface area contributed by atoms with Crippen LogP contribution in [-0.2, 0) is 11.3 Å². The third-order valence-electron chi connectivity index (χ3n) is 4.87. The Balaban J connectivity index is 1.79. The van der Waals surface area contributed by atoms with Gasteiger partial charge in [0.25, 0.3) is 5.91 Å². The average Bonchev–Trinajstić information content (AvgIpc) is 2.70. The maximum atomic E-state index is 13.1. The van der Waals surface area contributed by atoms with Crippen molar-refractivity contribution in [2.45, 2.75) is 12.8 Å². The number of piperidine rings is 1. The third kappa shape index (κ3) is 4.37. The lowest BCUT2D eigenvalue weighted by atomic mass is 9.96. The highest BCUT2D eigenvalue weighted by Crippen LogP contribution is 2.33. The van der Waals surface area contributed by atoms with E-state index >= 15 is 0 Å². The zero-order chi connectivity index (χ0) is 19.4. The lowest BCUT2D eigenvalue weighted by molar-refractivity contribution is 0.0694. The summed E-state index contributed by atoms with van der Waals surface area (Å²) in [7, 11) is 3.11. The molecule has 0 radical (unpaired) electrons. The third-order valence-corrected chi connectivity index (χ3v) is 5.29. The van der Waals surface area contributed by atoms with Gasteiger partial charge in [-0.2, -0.15) is 0 Å². The SMILES string of the molecule is COc1cc2nccc(C(=O)N3CCC(CNS(=O)O)CC3)c2cc1OC. The van der Waals surface area contributed by atoms with Gasteiger partial charge in [-0.05, 0) is 30.9 Å². The molecule has 1 aromatic carbocycles. The summed E-state index contributed by atoms with van der Waals surface area (Å²) in [4.78, 5) is 19.2. The molecule has 1 saturated heterocycles. The highest BCUT2D eigenvalue weighted by molar-refractivity contribution is 7.77. The number of carbonyl (C=O) groups excluding carboxylic acids is 1. The molecule has 2 N–H and O–H groups in total. The normalized spacial score (nSPS) is 16.3. The first-order valence-corrected chi connectivity index (χ1v) is 9.78. The van der Waals surface area contributed by atoms with E-state index in [0.29, 0.717) is 42.2 Å². The van der Waals surface area contributed by atoms with Crippen molar-refractivity contribution >= 4 is 28.1 Å². The minimum absolute atomic E-state index is 0.0493. The topological polar surface area (TPSA) is 101 Å². The number of aromatic nitrogens is 1. The van der Waals surface area contributed by atoms with E-state index in [1.807, 2.05) is 4.90 Å². The Kier molecular flexibility index (Phi) is 6.25. The highest BCUT2D eigenvalue weighted by Gasteiger charge is 2.25. The van der Waals surface area contributed by atoms with E-state index in [9.17, 15) is 9.00 Å². The molecular weight excluding hydrogens is 370 g/mol. The summed E-state index contributed by atoms with van der Waals surface area (Å²) in [6.45, 7) is 1.70. The van der Waals surface area contributed by atoms with Crippen LogP contribution in [0.4, 0.5) is 0 Å². The van der Waals surface area contributed by atoms with Crippen molar-refractivity contribution in [3.8, 4) is 11.5 Å². The number of nitrogens with one attached hydrogen (secondary N) is 1. The Morgan fingerprint density at radius 2 is 1.96 bits per heavy atom. The molecule has 9 heteroatoms. The van der Waals surface area contributed by atoms with Gasteiger partial charge in [-0.25, -0.2) is 8.93 Å². The first kappa shape index (κ1) is 19.5. The van der Waals surface area contributed by atoms with Crippen LogP contribution >= 0.6 is 0 Å². The van der Waals surface area contributed by atoms with Crippen molar-refractivity contribution in [2.75, 3.05) is 33.9 Å². The van der Waals surface area contributed by atoms with Crippen LogP contribution in [0.25, 0.3) is 10.9 Å². The number of hydrogen-bond acceptors (Lipinski definition) is 5. The Morgan fingerprint density at radius 3 is 2.59 bits per heavy atom. The summed E-state index contributed by atoms with van der Waals surface area (Å²) >= 11 is -2.00. The second-order valence-electron chi connectivity index (χ2n) is 6.42. The maximum Gasteiger partial charge on any atom is 0.254 e. The molecule has 1 aromatic heterocycles. The summed E-state index contributed by atoms with van der Waals surface area (Å²) in [5.74, 6) is 1.35. The molecule has 2 aromatic rings. The quantitative estimate of drug-likeness (QED) is 0.726. The molecule has 0 spiro atoms. The number of rotatable bonds is 6. The second-order valence-corrected chi connectivity index (χ2v) is 7.20. The fourth-order valence-electron chi connectivity index (χ4n) is 3.36. The fraction of sp³-hybridized carbons (Fsp3) is 0.444. The average molecular weight is 393 g/mol. The van der Waals surface area contributed by atoms with Crippen LogP contribution in [0.5, 0.6) is 11.5 Å². The number of pyridine rings is 1. The van der Waals surface area contributed by atoms with Gasteiger partial charge in [-0.3, -0.25) is 14.3 Å². The molecule has 0 aliphatic carbocycles. The Hall–Kier alpha value is -2.23. The van der Waals surface area contributed by atoms with Crippen LogP contribution in [0.3, 0.4) is 0 Å². The molecule has 1 atom stereocenters. The molecule has 8 nitrogen and oxygen atoms in total. The molecular formula is C18H23N3O5S. The number of methoxy groups -OCH3 is 2. The van der Waals surface area contributed by atoms with Crippen molar-refractivity contribution in [3.05, 3.63) is 30.0 Å². The van der Waals surface area contributed by atoms with E-state index < -0.39 is 11.3 Å². The van der Waals surface area contributed by atoms with Gasteiger partial charge in [-0.1, -0.05) is 0 Å². The first-order valence-electron chi connectivity index (χ1n) is 8.68. The molecule has 0 bridgehead atoms. The number of nitrogens with zero attached hydrogens (tertiary/aromatic N) is 2. The monoisotopic (exact) mass is 393 g/mol. The van der Waals surface area contributed by atoms with Crippen LogP contribution in [0.15, 0.2) is 24.4 Å². The van der Waals surface area contributed by atoms with Gasteiger partial charge >= 0.3 is 0 Å². The molecule has 1 unspecified atom stereocenters. The van der Waals surface area contributed by atoms with E-state index in [1.54, 1.807) is 38.6 Å². The number of ether oxygens (including phenoxy) is 2. The molecule has 1 fully saturated rings. The first-order chi connectivity index (χ1) is 13.0. The zero-order valence-corrected chi connectivity index (χ0v) is 16.1. The molecule has 3 rings (SSSR count). The van der Waals surface area contributed by atoms with Crippen LogP contribution < -0.4 is 14.2 Å². The van der Waals surface area contributed by atoms with E-state index in [4.69, 9.17) is 14.0 Å². The lowest BCUT2D eigenvalue weighted by Crippen LogP contribution is -2.41. The molecule has 146 valence electrons. The Labute approximate surface area is 160 Å². The van der Waals surface area contributed by atoms with Crippen LogP contribution in [0.1, 0.15) is 23.2 Å². The van der Waals surface area contributed by atoms with E-state index in [-0.39, 0.29) is 11.8 Å². The summed E-state index contributed by atoms with van der Waals surface area (Å²) in [6, 6.07) is 5.26. The van der Waals surface area contributed by atoms with Gasteiger partial charge in [0.15, 0.2) is 11.5 Å². The number of hydrogen-bond donors (Lipinski definition) is 2. The molecule has 1 aliphatic heterocycles. The summed E-state index contributed by atoms with van der Waals surface area (Å²) in [5, 5.41) is 0.722. The van der Waals surface area contributed by atoms with E-state index in [0.717, 1.165) is 18.2 Å². The van der Waals surface area contributed by atoms with Gasteiger partial charge in [0.05, 0.1) is 25.3 Å². The number of fused-ring (bicyclic) bond motifs is 1. The van der Waals surface area contributed by atoms with Gasteiger partial charge in [0.1, 0.15) is 0 Å². The van der Waals surface area contributed by atoms with Gasteiger partial charge in [-0.15, -0.1) is 0 Å². The van der Waals surface area contributed by atoms with Crippen molar-refractivity contribution in [1.82, 2.24) is 14.6 Å². The highest BCUT2D eigenvalue weighted by atomic mass is 32.2. The molecule has 1 aliphatic rings. The lowest BCUT2D eigenvalue weighted by Gasteiger charge is -2.32. The minimum Gasteiger partial charge on any atom is -0.493 e. The molecule has 1 amide bonds. The fourth-order valence-corrected chi connectivity index (χ4v) is 3.74. The maximum absolute atomic E-state index is 13.1. The van der Waals surface area contributed by atoms with E-state index in [1.165, 1.54) is 0 Å². The second kappa shape index (κ2) is 8.64. The predicted molar refractivity (Wildman–Crippen MR) is 102 cm³/mol. The summed E-state index contributed by atoms with van der Waals surface area (Å²) in [5.41, 5.74) is 1.25. The zero-order valence-electron chi connectivity index (χ0n) is 15.3. The van der Waals surface area contributed by atoms with Gasteiger partial charge in [0, 0.05) is 37.3 Å².